The molecule has 0 atom stereocenters. The lowest BCUT2D eigenvalue weighted by Gasteiger charge is -2.20. The summed E-state index contributed by atoms with van der Waals surface area (Å²) in [7, 11) is 0. The van der Waals surface area contributed by atoms with Crippen molar-refractivity contribution in [3.8, 4) is 0 Å². The highest BCUT2D eigenvalue weighted by molar-refractivity contribution is 4.70. The third-order valence-electron chi connectivity index (χ3n) is 10.3. The van der Waals surface area contributed by atoms with Crippen molar-refractivity contribution in [1.82, 2.24) is 0 Å². The van der Waals surface area contributed by atoms with Gasteiger partial charge in [-0.05, 0) is 125 Å². The van der Waals surface area contributed by atoms with Crippen LogP contribution in [0, 0.1) is 65.1 Å². The van der Waals surface area contributed by atoms with Crippen molar-refractivity contribution in [2.75, 3.05) is 72.7 Å². The van der Waals surface area contributed by atoms with Crippen molar-refractivity contribution in [3.05, 3.63) is 0 Å². The van der Waals surface area contributed by atoms with Gasteiger partial charge in [-0.2, -0.15) is 0 Å². The van der Waals surface area contributed by atoms with E-state index in [1.165, 1.54) is 85.5 Å². The molecule has 0 bridgehead atoms. The maximum absolute atomic E-state index is 12.9. The molecule has 0 aliphatic heterocycles. The van der Waals surface area contributed by atoms with Gasteiger partial charge in [0.2, 0.25) is 0 Å². The number of unbranched alkanes of at least 4 members (excludes halogenated alkanes) is 1. The molecule has 10 heteroatoms. The standard InChI is InChI=1S/2C10H20F2O.4C10H22O/c2*1-8(2)5-6-13-7-10(11,12)9(3)4;1-9(2)5-7-11-8-6-10(3)4;2*1-9(2)6-5-7-11-8-10(3)4;1-9(2)7-5-6-8-11-10(3)4/h2*8-9H,5-7H2,1-4H3;4*9-10H,5-8H2,1-4H3. The first kappa shape index (κ1) is 80.9. The second-order valence-electron chi connectivity index (χ2n) is 24.1. The quantitative estimate of drug-likeness (QED) is 0.0460. The van der Waals surface area contributed by atoms with Gasteiger partial charge in [0.1, 0.15) is 13.2 Å². The normalized spacial score (nSPS) is 12.0. The van der Waals surface area contributed by atoms with E-state index >= 15 is 0 Å². The SMILES string of the molecule is CC(C)CCCCOC(C)C.CC(C)CCCOCC(C)C.CC(C)CCCOCC(C)C.CC(C)CCOCC(F)(F)C(C)C.CC(C)CCOCC(F)(F)C(C)C.CC(C)CCOCCC(C)C. The fourth-order valence-corrected chi connectivity index (χ4v) is 4.93. The minimum Gasteiger partial charge on any atom is -0.381 e. The van der Waals surface area contributed by atoms with Gasteiger partial charge in [0.25, 0.3) is 11.8 Å². The molecule has 0 spiro atoms. The zero-order valence-electron chi connectivity index (χ0n) is 51.4. The van der Waals surface area contributed by atoms with Crippen LogP contribution >= 0.6 is 0 Å². The van der Waals surface area contributed by atoms with Crippen molar-refractivity contribution < 1.29 is 46.0 Å². The van der Waals surface area contributed by atoms with E-state index < -0.39 is 36.9 Å². The second kappa shape index (κ2) is 54.7. The predicted molar refractivity (Wildman–Crippen MR) is 299 cm³/mol. The maximum atomic E-state index is 12.9. The van der Waals surface area contributed by atoms with Crippen LogP contribution in [0.3, 0.4) is 0 Å². The Balaban J connectivity index is -0.000000176. The van der Waals surface area contributed by atoms with E-state index in [1.807, 2.05) is 27.7 Å². The average Bonchev–Trinajstić information content (AvgIpc) is 3.21. The van der Waals surface area contributed by atoms with E-state index in [1.54, 1.807) is 0 Å². The Kier molecular flexibility index (Phi) is 63.2. The summed E-state index contributed by atoms with van der Waals surface area (Å²) in [4.78, 5) is 0. The summed E-state index contributed by atoms with van der Waals surface area (Å²) in [6.07, 6.45) is 13.3. The molecule has 0 heterocycles. The smallest absolute Gasteiger partial charge is 0.273 e. The van der Waals surface area contributed by atoms with Crippen LogP contribution in [-0.4, -0.2) is 90.6 Å². The molecular formula is C60H128F4O6. The summed E-state index contributed by atoms with van der Waals surface area (Å²) in [6.45, 7) is 56.0. The van der Waals surface area contributed by atoms with Crippen molar-refractivity contribution >= 4 is 0 Å². The molecule has 0 aliphatic carbocycles. The molecule has 0 aromatic carbocycles. The van der Waals surface area contributed by atoms with Gasteiger partial charge in [-0.3, -0.25) is 0 Å². The first-order chi connectivity index (χ1) is 32.2. The number of rotatable bonds is 36. The largest absolute Gasteiger partial charge is 0.381 e. The highest BCUT2D eigenvalue weighted by atomic mass is 19.3. The van der Waals surface area contributed by atoms with Crippen molar-refractivity contribution in [2.45, 2.75) is 255 Å². The monoisotopic (exact) mass is 1020 g/mol. The Bertz CT molecular complexity index is 809. The molecular weight excluding hydrogens is 893 g/mol. The number of hydrogen-bond donors (Lipinski definition) is 0. The molecule has 0 aromatic rings. The van der Waals surface area contributed by atoms with Gasteiger partial charge in [-0.15, -0.1) is 0 Å². The maximum Gasteiger partial charge on any atom is 0.273 e. The lowest BCUT2D eigenvalue weighted by molar-refractivity contribution is -0.109. The molecule has 0 radical (unpaired) electrons. The van der Waals surface area contributed by atoms with E-state index in [0.29, 0.717) is 43.0 Å². The number of halogens is 4. The molecule has 432 valence electrons. The van der Waals surface area contributed by atoms with Gasteiger partial charge in [-0.25, -0.2) is 17.6 Å². The summed E-state index contributed by atoms with van der Waals surface area (Å²) < 4.78 is 83.4. The molecule has 0 saturated carbocycles. The Morgan fingerprint density at radius 1 is 0.271 bits per heavy atom. The number of hydrogen-bond acceptors (Lipinski definition) is 6. The van der Waals surface area contributed by atoms with Crippen LogP contribution in [0.4, 0.5) is 17.6 Å². The van der Waals surface area contributed by atoms with Crippen LogP contribution in [-0.2, 0) is 28.4 Å². The molecule has 0 aliphatic rings. The van der Waals surface area contributed by atoms with Crippen LogP contribution in [0.2, 0.25) is 0 Å². The van der Waals surface area contributed by atoms with Gasteiger partial charge < -0.3 is 28.4 Å². The first-order valence-corrected chi connectivity index (χ1v) is 28.5. The van der Waals surface area contributed by atoms with Crippen LogP contribution in [0.5, 0.6) is 0 Å². The summed E-state index contributed by atoms with van der Waals surface area (Å²) in [5, 5.41) is 0. The molecule has 6 nitrogen and oxygen atoms in total. The minimum absolute atomic E-state index is 0.397. The second-order valence-corrected chi connectivity index (χ2v) is 24.1. The highest BCUT2D eigenvalue weighted by Gasteiger charge is 2.34. The Hall–Kier alpha value is -0.520. The molecule has 0 amide bonds. The van der Waals surface area contributed by atoms with E-state index in [9.17, 15) is 17.6 Å². The van der Waals surface area contributed by atoms with Gasteiger partial charge in [0, 0.05) is 71.3 Å². The van der Waals surface area contributed by atoms with Crippen molar-refractivity contribution in [3.63, 3.8) is 0 Å². The fraction of sp³-hybridized carbons (Fsp3) is 1.00. The molecule has 0 rings (SSSR count). The van der Waals surface area contributed by atoms with E-state index in [4.69, 9.17) is 28.4 Å². The molecule has 0 N–H and O–H groups in total. The van der Waals surface area contributed by atoms with E-state index in [0.717, 1.165) is 88.7 Å². The number of alkyl halides is 4. The Morgan fingerprint density at radius 2 is 0.543 bits per heavy atom. The summed E-state index contributed by atoms with van der Waals surface area (Å²) in [5.41, 5.74) is 0. The van der Waals surface area contributed by atoms with Crippen LogP contribution < -0.4 is 0 Å². The Labute approximate surface area is 437 Å². The molecule has 0 fully saturated rings. The Morgan fingerprint density at radius 3 is 0.786 bits per heavy atom. The average molecular weight is 1020 g/mol. The van der Waals surface area contributed by atoms with Gasteiger partial charge in [0.05, 0.1) is 6.10 Å². The first-order valence-electron chi connectivity index (χ1n) is 28.5. The molecule has 70 heavy (non-hydrogen) atoms. The lowest BCUT2D eigenvalue weighted by Crippen LogP contribution is -2.30. The van der Waals surface area contributed by atoms with Crippen LogP contribution in [0.15, 0.2) is 0 Å². The lowest BCUT2D eigenvalue weighted by atomic mass is 10.1. The summed E-state index contributed by atoms with van der Waals surface area (Å²) in [5.74, 6) is -0.275. The summed E-state index contributed by atoms with van der Waals surface area (Å²) >= 11 is 0. The zero-order valence-corrected chi connectivity index (χ0v) is 51.4. The van der Waals surface area contributed by atoms with Crippen molar-refractivity contribution in [1.29, 1.82) is 0 Å². The third-order valence-corrected chi connectivity index (χ3v) is 10.3. The molecule has 0 aromatic heterocycles. The number of ether oxygens (including phenoxy) is 6. The zero-order chi connectivity index (χ0) is 55.7. The minimum atomic E-state index is -2.68. The van der Waals surface area contributed by atoms with Gasteiger partial charge >= 0.3 is 0 Å². The van der Waals surface area contributed by atoms with Crippen molar-refractivity contribution in [2.24, 2.45) is 65.1 Å². The van der Waals surface area contributed by atoms with Gasteiger partial charge in [0.15, 0.2) is 0 Å². The summed E-state index contributed by atoms with van der Waals surface area (Å²) in [6, 6.07) is 0. The van der Waals surface area contributed by atoms with E-state index in [2.05, 4.69) is 111 Å². The van der Waals surface area contributed by atoms with Gasteiger partial charge in [-0.1, -0.05) is 165 Å². The third kappa shape index (κ3) is 84.3. The predicted octanol–water partition coefficient (Wildman–Crippen LogP) is 19.2. The van der Waals surface area contributed by atoms with E-state index in [-0.39, 0.29) is 0 Å². The highest BCUT2D eigenvalue weighted by Crippen LogP contribution is 2.25. The topological polar surface area (TPSA) is 55.4 Å². The molecule has 0 unspecified atom stereocenters. The fourth-order valence-electron chi connectivity index (χ4n) is 4.93. The van der Waals surface area contributed by atoms with Crippen LogP contribution in [0.25, 0.3) is 0 Å². The molecule has 0 saturated heterocycles. The van der Waals surface area contributed by atoms with Crippen LogP contribution in [0.1, 0.15) is 237 Å².